The summed E-state index contributed by atoms with van der Waals surface area (Å²) in [5, 5.41) is 11.0. The van der Waals surface area contributed by atoms with Gasteiger partial charge in [-0.25, -0.2) is 23.5 Å². The summed E-state index contributed by atoms with van der Waals surface area (Å²) in [6, 6.07) is 10.6. The standard InChI is InChI=1S/C22H25N5O3S2/c1-5-27-14(4)24-17-10-15(6-8-20(17)27)19-12-31-22(26-19)25-18-11-16(32(23,28)29)7-9-21(18)30-13(2)3/h6-13H,5H2,1-4H3,(H,25,26)(H2,23,28,29). The van der Waals surface area contributed by atoms with E-state index in [9.17, 15) is 8.42 Å². The number of nitrogens with zero attached hydrogens (tertiary/aromatic N) is 3. The van der Waals surface area contributed by atoms with Crippen molar-refractivity contribution < 1.29 is 13.2 Å². The third kappa shape index (κ3) is 4.47. The number of benzene rings is 2. The van der Waals surface area contributed by atoms with E-state index in [0.717, 1.165) is 34.7 Å². The van der Waals surface area contributed by atoms with Crippen LogP contribution < -0.4 is 15.2 Å². The lowest BCUT2D eigenvalue weighted by Gasteiger charge is -2.15. The van der Waals surface area contributed by atoms with Gasteiger partial charge in [0.2, 0.25) is 10.0 Å². The Bertz CT molecular complexity index is 1390. The van der Waals surface area contributed by atoms with Gasteiger partial charge in [-0.15, -0.1) is 11.3 Å². The third-order valence-electron chi connectivity index (χ3n) is 4.94. The number of primary sulfonamides is 1. The Morgan fingerprint density at radius 3 is 2.66 bits per heavy atom. The zero-order valence-electron chi connectivity index (χ0n) is 18.3. The van der Waals surface area contributed by atoms with E-state index in [4.69, 9.17) is 9.88 Å². The smallest absolute Gasteiger partial charge is 0.238 e. The summed E-state index contributed by atoms with van der Waals surface area (Å²) in [5.74, 6) is 1.50. The molecule has 0 aliphatic heterocycles. The number of hydrogen-bond acceptors (Lipinski definition) is 7. The van der Waals surface area contributed by atoms with E-state index in [1.54, 1.807) is 6.07 Å². The van der Waals surface area contributed by atoms with Crippen LogP contribution in [0.5, 0.6) is 5.75 Å². The SMILES string of the molecule is CCn1c(C)nc2cc(-c3csc(Nc4cc(S(N)(=O)=O)ccc4OC(C)C)n3)ccc21. The second-order valence-electron chi connectivity index (χ2n) is 7.64. The van der Waals surface area contributed by atoms with Crippen LogP contribution in [0.1, 0.15) is 26.6 Å². The van der Waals surface area contributed by atoms with Gasteiger partial charge in [0, 0.05) is 17.5 Å². The number of hydrogen-bond donors (Lipinski definition) is 2. The maximum absolute atomic E-state index is 11.8. The highest BCUT2D eigenvalue weighted by Crippen LogP contribution is 2.34. The molecule has 4 aromatic rings. The second kappa shape index (κ2) is 8.53. The fraction of sp³-hybridized carbons (Fsp3) is 0.273. The molecule has 0 radical (unpaired) electrons. The first-order valence-electron chi connectivity index (χ1n) is 10.2. The highest BCUT2D eigenvalue weighted by atomic mass is 32.2. The molecule has 2 aromatic carbocycles. The van der Waals surface area contributed by atoms with Crippen LogP contribution in [0, 0.1) is 6.92 Å². The fourth-order valence-electron chi connectivity index (χ4n) is 3.53. The maximum Gasteiger partial charge on any atom is 0.238 e. The molecular weight excluding hydrogens is 446 g/mol. The molecule has 32 heavy (non-hydrogen) atoms. The molecule has 3 N–H and O–H groups in total. The Hall–Kier alpha value is -2.95. The molecule has 4 rings (SSSR count). The molecule has 0 saturated carbocycles. The minimum atomic E-state index is -3.85. The number of nitrogens with one attached hydrogen (secondary N) is 1. The summed E-state index contributed by atoms with van der Waals surface area (Å²) in [6.45, 7) is 8.76. The molecule has 0 saturated heterocycles. The topological polar surface area (TPSA) is 112 Å². The molecule has 0 spiro atoms. The first-order chi connectivity index (χ1) is 15.2. The van der Waals surface area contributed by atoms with Gasteiger partial charge in [-0.05, 0) is 58.0 Å². The van der Waals surface area contributed by atoms with Crippen LogP contribution in [-0.2, 0) is 16.6 Å². The van der Waals surface area contributed by atoms with Gasteiger partial charge in [0.15, 0.2) is 5.13 Å². The van der Waals surface area contributed by atoms with Crippen molar-refractivity contribution in [3.63, 3.8) is 0 Å². The first kappa shape index (κ1) is 22.3. The minimum Gasteiger partial charge on any atom is -0.489 e. The molecule has 0 bridgehead atoms. The lowest BCUT2D eigenvalue weighted by atomic mass is 10.1. The molecule has 2 heterocycles. The van der Waals surface area contributed by atoms with Crippen molar-refractivity contribution in [3.8, 4) is 17.0 Å². The average molecular weight is 472 g/mol. The number of thiazole rings is 1. The van der Waals surface area contributed by atoms with Crippen molar-refractivity contribution in [2.45, 2.75) is 45.2 Å². The van der Waals surface area contributed by atoms with Crippen LogP contribution in [-0.4, -0.2) is 29.1 Å². The quantitative estimate of drug-likeness (QED) is 0.405. The van der Waals surface area contributed by atoms with E-state index in [1.807, 2.05) is 38.3 Å². The lowest BCUT2D eigenvalue weighted by molar-refractivity contribution is 0.243. The Morgan fingerprint density at radius 1 is 1.19 bits per heavy atom. The lowest BCUT2D eigenvalue weighted by Crippen LogP contribution is -2.13. The molecule has 2 aromatic heterocycles. The van der Waals surface area contributed by atoms with Crippen LogP contribution >= 0.6 is 11.3 Å². The second-order valence-corrected chi connectivity index (χ2v) is 10.1. The van der Waals surface area contributed by atoms with E-state index < -0.39 is 10.0 Å². The number of sulfonamides is 1. The van der Waals surface area contributed by atoms with Gasteiger partial charge in [-0.1, -0.05) is 6.07 Å². The maximum atomic E-state index is 11.8. The summed E-state index contributed by atoms with van der Waals surface area (Å²) in [5.41, 5.74) is 4.27. The van der Waals surface area contributed by atoms with E-state index in [-0.39, 0.29) is 11.0 Å². The van der Waals surface area contributed by atoms with Crippen LogP contribution in [0.3, 0.4) is 0 Å². The summed E-state index contributed by atoms with van der Waals surface area (Å²) < 4.78 is 31.6. The number of fused-ring (bicyclic) bond motifs is 1. The highest BCUT2D eigenvalue weighted by molar-refractivity contribution is 7.89. The zero-order valence-corrected chi connectivity index (χ0v) is 19.9. The van der Waals surface area contributed by atoms with E-state index >= 15 is 0 Å². The van der Waals surface area contributed by atoms with E-state index in [1.165, 1.54) is 23.5 Å². The van der Waals surface area contributed by atoms with Crippen LogP contribution in [0.4, 0.5) is 10.8 Å². The van der Waals surface area contributed by atoms with Crippen molar-refractivity contribution in [1.29, 1.82) is 0 Å². The molecule has 0 atom stereocenters. The fourth-order valence-corrected chi connectivity index (χ4v) is 4.80. The van der Waals surface area contributed by atoms with Gasteiger partial charge in [-0.2, -0.15) is 0 Å². The number of anilines is 2. The molecule has 8 nitrogen and oxygen atoms in total. The average Bonchev–Trinajstić information content (AvgIpc) is 3.30. The van der Waals surface area contributed by atoms with Crippen molar-refractivity contribution in [2.24, 2.45) is 5.14 Å². The van der Waals surface area contributed by atoms with Crippen molar-refractivity contribution in [2.75, 3.05) is 5.32 Å². The highest BCUT2D eigenvalue weighted by Gasteiger charge is 2.15. The van der Waals surface area contributed by atoms with Gasteiger partial charge in [0.1, 0.15) is 11.6 Å². The van der Waals surface area contributed by atoms with Crippen LogP contribution in [0.2, 0.25) is 0 Å². The molecule has 0 aliphatic rings. The Morgan fingerprint density at radius 2 is 1.97 bits per heavy atom. The first-order valence-corrected chi connectivity index (χ1v) is 12.6. The van der Waals surface area contributed by atoms with Crippen molar-refractivity contribution in [1.82, 2.24) is 14.5 Å². The minimum absolute atomic E-state index is 0.000202. The molecule has 0 fully saturated rings. The summed E-state index contributed by atoms with van der Waals surface area (Å²) in [4.78, 5) is 9.34. The van der Waals surface area contributed by atoms with Crippen LogP contribution in [0.25, 0.3) is 22.3 Å². The summed E-state index contributed by atoms with van der Waals surface area (Å²) in [7, 11) is -3.85. The summed E-state index contributed by atoms with van der Waals surface area (Å²) >= 11 is 1.41. The predicted molar refractivity (Wildman–Crippen MR) is 128 cm³/mol. The van der Waals surface area contributed by atoms with Gasteiger partial charge >= 0.3 is 0 Å². The Kier molecular flexibility index (Phi) is 5.93. The molecule has 0 aliphatic carbocycles. The number of rotatable bonds is 7. The number of imidazole rings is 1. The van der Waals surface area contributed by atoms with E-state index in [0.29, 0.717) is 16.6 Å². The van der Waals surface area contributed by atoms with Gasteiger partial charge in [0.25, 0.3) is 0 Å². The number of aryl methyl sites for hydroxylation is 2. The van der Waals surface area contributed by atoms with Gasteiger partial charge in [-0.3, -0.25) is 0 Å². The molecule has 168 valence electrons. The van der Waals surface area contributed by atoms with Crippen molar-refractivity contribution >= 4 is 43.2 Å². The molecule has 0 unspecified atom stereocenters. The monoisotopic (exact) mass is 471 g/mol. The Balaban J connectivity index is 1.66. The van der Waals surface area contributed by atoms with Gasteiger partial charge < -0.3 is 14.6 Å². The molecule has 10 heteroatoms. The molecular formula is C22H25N5O3S2. The van der Waals surface area contributed by atoms with Gasteiger partial charge in [0.05, 0.1) is 33.4 Å². The van der Waals surface area contributed by atoms with E-state index in [2.05, 4.69) is 32.8 Å². The summed E-state index contributed by atoms with van der Waals surface area (Å²) in [6.07, 6.45) is -0.0825. The normalized spacial score (nSPS) is 11.9. The third-order valence-corrected chi connectivity index (χ3v) is 6.61. The predicted octanol–water partition coefficient (Wildman–Crippen LogP) is 4.67. The number of ether oxygens (including phenoxy) is 1. The zero-order chi connectivity index (χ0) is 23.0. The van der Waals surface area contributed by atoms with Crippen LogP contribution in [0.15, 0.2) is 46.7 Å². The van der Waals surface area contributed by atoms with Crippen molar-refractivity contribution in [3.05, 3.63) is 47.6 Å². The number of aromatic nitrogens is 3. The largest absolute Gasteiger partial charge is 0.489 e. The Labute approximate surface area is 191 Å². The number of nitrogens with two attached hydrogens (primary N) is 1. The molecule has 0 amide bonds.